The molecule has 0 saturated heterocycles. The number of guanidine groups is 1. The molecule has 0 bridgehead atoms. The Morgan fingerprint density at radius 3 is 2.43 bits per heavy atom. The fourth-order valence-electron chi connectivity index (χ4n) is 2.45. The van der Waals surface area contributed by atoms with Crippen LogP contribution < -0.4 is 16.0 Å². The smallest absolute Gasteiger partial charge is 0.407 e. The van der Waals surface area contributed by atoms with Crippen molar-refractivity contribution in [3.8, 4) is 0 Å². The Bertz CT molecular complexity index is 381. The Balaban J connectivity index is 2.37. The third-order valence-electron chi connectivity index (χ3n) is 4.04. The molecule has 23 heavy (non-hydrogen) atoms. The molecule has 0 aromatic heterocycles. The number of nitrogens with zero attached hydrogens (tertiary/aromatic N) is 1. The van der Waals surface area contributed by atoms with Crippen molar-refractivity contribution in [2.45, 2.75) is 65.5 Å². The Hall–Kier alpha value is -1.46. The molecule has 6 heteroatoms. The van der Waals surface area contributed by atoms with Gasteiger partial charge >= 0.3 is 6.09 Å². The molecule has 134 valence electrons. The summed E-state index contributed by atoms with van der Waals surface area (Å²) >= 11 is 0. The summed E-state index contributed by atoms with van der Waals surface area (Å²) in [7, 11) is 1.77. The van der Waals surface area contributed by atoms with Crippen molar-refractivity contribution in [3.63, 3.8) is 0 Å². The summed E-state index contributed by atoms with van der Waals surface area (Å²) < 4.78 is 4.98. The van der Waals surface area contributed by atoms with E-state index in [1.54, 1.807) is 7.05 Å². The minimum Gasteiger partial charge on any atom is -0.450 e. The molecule has 0 aromatic carbocycles. The molecule has 3 N–H and O–H groups in total. The summed E-state index contributed by atoms with van der Waals surface area (Å²) in [5.41, 5.74) is 0. The van der Waals surface area contributed by atoms with Crippen LogP contribution in [0.25, 0.3) is 0 Å². The molecule has 1 saturated carbocycles. The van der Waals surface area contributed by atoms with Crippen LogP contribution in [0.4, 0.5) is 4.79 Å². The van der Waals surface area contributed by atoms with Crippen LogP contribution in [0.2, 0.25) is 0 Å². The molecule has 6 nitrogen and oxygen atoms in total. The van der Waals surface area contributed by atoms with E-state index in [1.807, 2.05) is 6.92 Å². The van der Waals surface area contributed by atoms with E-state index in [4.69, 9.17) is 4.74 Å². The molecule has 0 heterocycles. The van der Waals surface area contributed by atoms with Crippen LogP contribution in [0, 0.1) is 11.8 Å². The zero-order chi connectivity index (χ0) is 17.2. The number of ether oxygens (including phenoxy) is 1. The summed E-state index contributed by atoms with van der Waals surface area (Å²) in [5, 5.41) is 9.68. The zero-order valence-corrected chi connectivity index (χ0v) is 15.3. The minimum atomic E-state index is -0.334. The Labute approximate surface area is 140 Å². The Morgan fingerprint density at radius 1 is 1.22 bits per heavy atom. The second kappa shape index (κ2) is 10.3. The van der Waals surface area contributed by atoms with Crippen molar-refractivity contribution < 1.29 is 9.53 Å². The summed E-state index contributed by atoms with van der Waals surface area (Å²) in [4.78, 5) is 15.9. The highest BCUT2D eigenvalue weighted by atomic mass is 16.5. The van der Waals surface area contributed by atoms with Gasteiger partial charge < -0.3 is 20.7 Å². The standard InChI is InChI=1S/C17H34N4O2/c1-6-23-17(22)21-15(14-9-10-14)11-19-16(18-5)20-13(4)8-7-12(2)3/h12-15H,6-11H2,1-5H3,(H,21,22)(H2,18,19,20). The minimum absolute atomic E-state index is 0.0959. The van der Waals surface area contributed by atoms with Gasteiger partial charge in [-0.1, -0.05) is 13.8 Å². The number of carbonyl (C=O) groups is 1. The molecule has 1 aliphatic carbocycles. The summed E-state index contributed by atoms with van der Waals surface area (Å²) in [6.45, 7) is 9.52. The monoisotopic (exact) mass is 326 g/mol. The zero-order valence-electron chi connectivity index (χ0n) is 15.3. The molecule has 2 unspecified atom stereocenters. The normalized spacial score (nSPS) is 17.6. The van der Waals surface area contributed by atoms with Crippen molar-refractivity contribution in [2.24, 2.45) is 16.8 Å². The lowest BCUT2D eigenvalue weighted by Gasteiger charge is -2.22. The third-order valence-corrected chi connectivity index (χ3v) is 4.04. The molecular formula is C17H34N4O2. The van der Waals surface area contributed by atoms with Crippen LogP contribution in [-0.2, 0) is 4.74 Å². The molecule has 0 aliphatic heterocycles. The van der Waals surface area contributed by atoms with Crippen LogP contribution in [0.3, 0.4) is 0 Å². The van der Waals surface area contributed by atoms with Crippen molar-refractivity contribution in [1.82, 2.24) is 16.0 Å². The van der Waals surface area contributed by atoms with E-state index in [1.165, 1.54) is 6.42 Å². The first-order chi connectivity index (χ1) is 11.0. The van der Waals surface area contributed by atoms with E-state index in [2.05, 4.69) is 41.7 Å². The lowest BCUT2D eigenvalue weighted by molar-refractivity contribution is 0.146. The molecule has 1 fully saturated rings. The molecule has 0 aromatic rings. The molecule has 1 aliphatic rings. The van der Waals surface area contributed by atoms with E-state index in [0.29, 0.717) is 31.0 Å². The number of rotatable bonds is 9. The van der Waals surface area contributed by atoms with Crippen LogP contribution in [0.5, 0.6) is 0 Å². The van der Waals surface area contributed by atoms with E-state index in [9.17, 15) is 4.79 Å². The number of amides is 1. The number of alkyl carbamates (subject to hydrolysis) is 1. The highest BCUT2D eigenvalue weighted by Crippen LogP contribution is 2.32. The highest BCUT2D eigenvalue weighted by molar-refractivity contribution is 5.80. The predicted molar refractivity (Wildman–Crippen MR) is 94.7 cm³/mol. The maximum atomic E-state index is 11.6. The summed E-state index contributed by atoms with van der Waals surface area (Å²) in [6, 6.07) is 0.472. The van der Waals surface area contributed by atoms with Gasteiger partial charge in [0.25, 0.3) is 0 Å². The van der Waals surface area contributed by atoms with Crippen molar-refractivity contribution in [2.75, 3.05) is 20.2 Å². The summed E-state index contributed by atoms with van der Waals surface area (Å²) in [6.07, 6.45) is 4.30. The Kier molecular flexibility index (Phi) is 8.81. The Morgan fingerprint density at radius 2 is 1.91 bits per heavy atom. The van der Waals surface area contributed by atoms with Gasteiger partial charge in [0.15, 0.2) is 5.96 Å². The predicted octanol–water partition coefficient (Wildman–Crippen LogP) is 2.50. The van der Waals surface area contributed by atoms with Gasteiger partial charge in [-0.25, -0.2) is 4.79 Å². The quantitative estimate of drug-likeness (QED) is 0.449. The molecule has 2 atom stereocenters. The lowest BCUT2D eigenvalue weighted by Crippen LogP contribution is -2.49. The molecule has 0 spiro atoms. The van der Waals surface area contributed by atoms with Crippen LogP contribution in [-0.4, -0.2) is 44.3 Å². The van der Waals surface area contributed by atoms with E-state index in [-0.39, 0.29) is 12.1 Å². The van der Waals surface area contributed by atoms with Gasteiger partial charge in [-0.3, -0.25) is 4.99 Å². The first-order valence-electron chi connectivity index (χ1n) is 8.86. The second-order valence-corrected chi connectivity index (χ2v) is 6.78. The van der Waals surface area contributed by atoms with Crippen LogP contribution >= 0.6 is 0 Å². The molecule has 1 amide bonds. The number of carbonyl (C=O) groups excluding carboxylic acids is 1. The average Bonchev–Trinajstić information content (AvgIpc) is 3.32. The van der Waals surface area contributed by atoms with Gasteiger partial charge in [0.2, 0.25) is 0 Å². The van der Waals surface area contributed by atoms with E-state index >= 15 is 0 Å². The lowest BCUT2D eigenvalue weighted by atomic mass is 10.0. The van der Waals surface area contributed by atoms with Crippen molar-refractivity contribution >= 4 is 12.1 Å². The molecular weight excluding hydrogens is 292 g/mol. The fourth-order valence-corrected chi connectivity index (χ4v) is 2.45. The first-order valence-corrected chi connectivity index (χ1v) is 8.86. The van der Waals surface area contributed by atoms with Gasteiger partial charge in [0.05, 0.1) is 12.6 Å². The van der Waals surface area contributed by atoms with Crippen molar-refractivity contribution in [1.29, 1.82) is 0 Å². The topological polar surface area (TPSA) is 74.8 Å². The number of hydrogen-bond acceptors (Lipinski definition) is 3. The van der Waals surface area contributed by atoms with Crippen LogP contribution in [0.15, 0.2) is 4.99 Å². The van der Waals surface area contributed by atoms with E-state index in [0.717, 1.165) is 25.2 Å². The van der Waals surface area contributed by atoms with E-state index < -0.39 is 0 Å². The molecule has 1 rings (SSSR count). The van der Waals surface area contributed by atoms with Gasteiger partial charge in [-0.2, -0.15) is 0 Å². The van der Waals surface area contributed by atoms with Gasteiger partial charge in [-0.15, -0.1) is 0 Å². The first kappa shape index (κ1) is 19.6. The molecule has 0 radical (unpaired) electrons. The maximum Gasteiger partial charge on any atom is 0.407 e. The maximum absolute atomic E-state index is 11.6. The SMILES string of the molecule is CCOC(=O)NC(CNC(=NC)NC(C)CCC(C)C)C1CC1. The van der Waals surface area contributed by atoms with Crippen LogP contribution in [0.1, 0.15) is 53.4 Å². The summed E-state index contributed by atoms with van der Waals surface area (Å²) in [5.74, 6) is 2.04. The number of nitrogens with one attached hydrogen (secondary N) is 3. The van der Waals surface area contributed by atoms with Gasteiger partial charge in [0, 0.05) is 19.6 Å². The highest BCUT2D eigenvalue weighted by Gasteiger charge is 2.32. The largest absolute Gasteiger partial charge is 0.450 e. The van der Waals surface area contributed by atoms with Crippen molar-refractivity contribution in [3.05, 3.63) is 0 Å². The fraction of sp³-hybridized carbons (Fsp3) is 0.882. The third kappa shape index (κ3) is 8.67. The van der Waals surface area contributed by atoms with Gasteiger partial charge in [0.1, 0.15) is 0 Å². The number of hydrogen-bond donors (Lipinski definition) is 3. The van der Waals surface area contributed by atoms with Gasteiger partial charge in [-0.05, 0) is 51.4 Å². The average molecular weight is 326 g/mol. The second-order valence-electron chi connectivity index (χ2n) is 6.78. The number of aliphatic imine (C=N–C) groups is 1.